The summed E-state index contributed by atoms with van der Waals surface area (Å²) in [5.74, 6) is 0.713. The SMILES string of the molecule is Cc1c(-c2ccccc2)nc(-c2ccccc2)nc1-c1ccc(-c2c(-c3ccc(-c4ccc(C#N)cc4)cc3)ccc3ccccc23)cc1. The van der Waals surface area contributed by atoms with E-state index in [1.54, 1.807) is 0 Å². The Balaban J connectivity index is 1.23. The fourth-order valence-electron chi connectivity index (χ4n) is 6.59. The highest BCUT2D eigenvalue weighted by Gasteiger charge is 2.17. The third kappa shape index (κ3) is 5.78. The average Bonchev–Trinajstić information content (AvgIpc) is 3.18. The second-order valence-corrected chi connectivity index (χ2v) is 12.2. The monoisotopic (exact) mass is 625 g/mol. The topological polar surface area (TPSA) is 49.6 Å². The van der Waals surface area contributed by atoms with Gasteiger partial charge in [0.05, 0.1) is 23.0 Å². The van der Waals surface area contributed by atoms with Crippen LogP contribution in [0.15, 0.2) is 170 Å². The minimum Gasteiger partial charge on any atom is -0.228 e. The summed E-state index contributed by atoms with van der Waals surface area (Å²) in [6.45, 7) is 2.12. The molecule has 0 fully saturated rings. The molecule has 0 spiro atoms. The van der Waals surface area contributed by atoms with Crippen molar-refractivity contribution in [3.05, 3.63) is 181 Å². The fraction of sp³-hybridized carbons (Fsp3) is 0.0217. The van der Waals surface area contributed by atoms with Gasteiger partial charge >= 0.3 is 0 Å². The highest BCUT2D eigenvalue weighted by atomic mass is 14.9. The molecule has 0 radical (unpaired) electrons. The van der Waals surface area contributed by atoms with E-state index in [2.05, 4.69) is 134 Å². The van der Waals surface area contributed by atoms with Crippen LogP contribution in [0.4, 0.5) is 0 Å². The minimum absolute atomic E-state index is 0.662. The molecule has 8 aromatic rings. The van der Waals surface area contributed by atoms with E-state index in [0.717, 1.165) is 55.9 Å². The summed E-state index contributed by atoms with van der Waals surface area (Å²) in [5, 5.41) is 11.6. The van der Waals surface area contributed by atoms with Crippen LogP contribution in [-0.2, 0) is 0 Å². The maximum atomic E-state index is 9.19. The summed E-state index contributed by atoms with van der Waals surface area (Å²) < 4.78 is 0. The number of nitrogens with zero attached hydrogens (tertiary/aromatic N) is 3. The smallest absolute Gasteiger partial charge is 0.160 e. The summed E-state index contributed by atoms with van der Waals surface area (Å²) in [5.41, 5.74) is 13.6. The third-order valence-corrected chi connectivity index (χ3v) is 9.14. The van der Waals surface area contributed by atoms with E-state index >= 15 is 0 Å². The molecule has 230 valence electrons. The van der Waals surface area contributed by atoms with Crippen molar-refractivity contribution in [2.75, 3.05) is 0 Å². The Morgan fingerprint density at radius 2 is 0.918 bits per heavy atom. The second-order valence-electron chi connectivity index (χ2n) is 12.2. The average molecular weight is 626 g/mol. The van der Waals surface area contributed by atoms with Crippen molar-refractivity contribution in [2.24, 2.45) is 0 Å². The zero-order chi connectivity index (χ0) is 33.2. The molecule has 0 amide bonds. The van der Waals surface area contributed by atoms with Gasteiger partial charge in [-0.25, -0.2) is 9.97 Å². The van der Waals surface area contributed by atoms with Crippen LogP contribution in [0.3, 0.4) is 0 Å². The van der Waals surface area contributed by atoms with Gasteiger partial charge in [-0.15, -0.1) is 0 Å². The molecule has 0 aliphatic carbocycles. The van der Waals surface area contributed by atoms with E-state index in [-0.39, 0.29) is 0 Å². The predicted molar refractivity (Wildman–Crippen MR) is 202 cm³/mol. The molecule has 0 bridgehead atoms. The van der Waals surface area contributed by atoms with E-state index in [4.69, 9.17) is 9.97 Å². The van der Waals surface area contributed by atoms with Gasteiger partial charge in [-0.2, -0.15) is 5.26 Å². The predicted octanol–water partition coefficient (Wildman–Crippen LogP) is 11.8. The Morgan fingerprint density at radius 3 is 1.55 bits per heavy atom. The van der Waals surface area contributed by atoms with Gasteiger partial charge in [0.1, 0.15) is 0 Å². The number of aromatic nitrogens is 2. The van der Waals surface area contributed by atoms with Crippen LogP contribution in [0.25, 0.3) is 78.1 Å². The van der Waals surface area contributed by atoms with Crippen molar-refractivity contribution in [3.63, 3.8) is 0 Å². The van der Waals surface area contributed by atoms with Crippen LogP contribution < -0.4 is 0 Å². The first-order chi connectivity index (χ1) is 24.2. The molecule has 49 heavy (non-hydrogen) atoms. The Bertz CT molecular complexity index is 2460. The molecule has 0 N–H and O–H groups in total. The van der Waals surface area contributed by atoms with E-state index in [0.29, 0.717) is 11.4 Å². The van der Waals surface area contributed by atoms with Gasteiger partial charge < -0.3 is 0 Å². The Kier molecular flexibility index (Phi) is 7.82. The standard InChI is InChI=1S/C46H31N3/c1-31-44(38-11-4-2-5-12-38)48-46(40-13-6-3-7-14-40)49-45(31)39-26-24-37(25-27-39)43-41-15-9-8-10-35(41)28-29-42(43)36-22-20-34(21-23-36)33-18-16-32(30-47)17-19-33/h2-29H,1H3. The highest BCUT2D eigenvalue weighted by molar-refractivity contribution is 6.04. The zero-order valence-electron chi connectivity index (χ0n) is 27.0. The lowest BCUT2D eigenvalue weighted by Crippen LogP contribution is -2.00. The first-order valence-electron chi connectivity index (χ1n) is 16.4. The number of fused-ring (bicyclic) bond motifs is 1. The molecule has 0 aliphatic heterocycles. The van der Waals surface area contributed by atoms with E-state index in [1.807, 2.05) is 48.5 Å². The fourth-order valence-corrected chi connectivity index (χ4v) is 6.59. The van der Waals surface area contributed by atoms with Crippen LogP contribution in [-0.4, -0.2) is 9.97 Å². The third-order valence-electron chi connectivity index (χ3n) is 9.14. The minimum atomic E-state index is 0.662. The van der Waals surface area contributed by atoms with Crippen LogP contribution >= 0.6 is 0 Å². The van der Waals surface area contributed by atoms with Gasteiger partial charge in [-0.05, 0) is 63.2 Å². The summed E-state index contributed by atoms with van der Waals surface area (Å²) in [7, 11) is 0. The maximum absolute atomic E-state index is 9.19. The van der Waals surface area contributed by atoms with Crippen LogP contribution in [0.1, 0.15) is 11.1 Å². The molecule has 8 rings (SSSR count). The van der Waals surface area contributed by atoms with Crippen molar-refractivity contribution in [1.29, 1.82) is 5.26 Å². The van der Waals surface area contributed by atoms with Crippen molar-refractivity contribution in [2.45, 2.75) is 6.92 Å². The van der Waals surface area contributed by atoms with Gasteiger partial charge in [0.2, 0.25) is 0 Å². The molecule has 0 atom stereocenters. The normalized spacial score (nSPS) is 10.9. The largest absolute Gasteiger partial charge is 0.228 e. The van der Waals surface area contributed by atoms with Crippen molar-refractivity contribution < 1.29 is 0 Å². The van der Waals surface area contributed by atoms with Crippen molar-refractivity contribution in [3.8, 4) is 73.4 Å². The Hall–Kier alpha value is -6.63. The number of rotatable bonds is 6. The van der Waals surface area contributed by atoms with Crippen LogP contribution in [0.2, 0.25) is 0 Å². The number of nitriles is 1. The summed E-state index contributed by atoms with van der Waals surface area (Å²) in [6, 6.07) is 61.0. The Labute approximate surface area is 286 Å². The lowest BCUT2D eigenvalue weighted by molar-refractivity contribution is 1.15. The molecule has 0 aliphatic rings. The molecular formula is C46H31N3. The van der Waals surface area contributed by atoms with E-state index in [9.17, 15) is 5.26 Å². The molecule has 1 aromatic heterocycles. The van der Waals surface area contributed by atoms with E-state index < -0.39 is 0 Å². The number of hydrogen-bond donors (Lipinski definition) is 0. The lowest BCUT2D eigenvalue weighted by Gasteiger charge is -2.16. The molecule has 0 unspecified atom stereocenters. The van der Waals surface area contributed by atoms with Crippen LogP contribution in [0.5, 0.6) is 0 Å². The molecular weight excluding hydrogens is 595 g/mol. The molecule has 7 aromatic carbocycles. The molecule has 0 saturated heterocycles. The molecule has 1 heterocycles. The summed E-state index contributed by atoms with van der Waals surface area (Å²) >= 11 is 0. The van der Waals surface area contributed by atoms with Gasteiger partial charge in [0.15, 0.2) is 5.82 Å². The van der Waals surface area contributed by atoms with Gasteiger partial charge in [-0.1, -0.05) is 158 Å². The summed E-state index contributed by atoms with van der Waals surface area (Å²) in [6.07, 6.45) is 0. The van der Waals surface area contributed by atoms with Crippen molar-refractivity contribution >= 4 is 10.8 Å². The molecule has 3 nitrogen and oxygen atoms in total. The van der Waals surface area contributed by atoms with Gasteiger partial charge in [0, 0.05) is 22.3 Å². The maximum Gasteiger partial charge on any atom is 0.160 e. The second kappa shape index (κ2) is 12.9. The van der Waals surface area contributed by atoms with Gasteiger partial charge in [-0.3, -0.25) is 0 Å². The molecule has 0 saturated carbocycles. The Morgan fingerprint density at radius 1 is 0.429 bits per heavy atom. The van der Waals surface area contributed by atoms with Gasteiger partial charge in [0.25, 0.3) is 0 Å². The first-order valence-corrected chi connectivity index (χ1v) is 16.4. The zero-order valence-corrected chi connectivity index (χ0v) is 27.0. The first kappa shape index (κ1) is 29.8. The lowest BCUT2D eigenvalue weighted by atomic mass is 9.88. The highest BCUT2D eigenvalue weighted by Crippen LogP contribution is 2.40. The number of benzene rings is 7. The number of hydrogen-bond acceptors (Lipinski definition) is 3. The quantitative estimate of drug-likeness (QED) is 0.185. The molecule has 3 heteroatoms. The summed E-state index contributed by atoms with van der Waals surface area (Å²) in [4.78, 5) is 10.2. The van der Waals surface area contributed by atoms with Crippen molar-refractivity contribution in [1.82, 2.24) is 9.97 Å². The van der Waals surface area contributed by atoms with E-state index in [1.165, 1.54) is 21.9 Å². The van der Waals surface area contributed by atoms with Crippen LogP contribution in [0, 0.1) is 18.3 Å².